The van der Waals surface area contributed by atoms with E-state index in [2.05, 4.69) is 32.3 Å². The molecule has 2 N–H and O–H groups in total. The van der Waals surface area contributed by atoms with Crippen molar-refractivity contribution in [3.8, 4) is 12.3 Å². The molecule has 0 amide bonds. The van der Waals surface area contributed by atoms with Gasteiger partial charge in [-0.15, -0.1) is 6.42 Å². The number of aliphatic hydroxyl groups excluding tert-OH is 1. The van der Waals surface area contributed by atoms with Crippen molar-refractivity contribution >= 4 is 21.6 Å². The summed E-state index contributed by atoms with van der Waals surface area (Å²) in [6.45, 7) is 1.13. The number of aliphatic hydroxyl groups is 1. The largest absolute Gasteiger partial charge is 0.396 e. The van der Waals surface area contributed by atoms with Crippen LogP contribution in [0.15, 0.2) is 15.5 Å². The number of terminal acetylenes is 1. The van der Waals surface area contributed by atoms with E-state index in [0.717, 1.165) is 25.8 Å². The highest BCUT2D eigenvalue weighted by Crippen LogP contribution is 2.31. The van der Waals surface area contributed by atoms with Gasteiger partial charge in [-0.25, -0.2) is 4.68 Å². The molecule has 2 atom stereocenters. The molecule has 5 nitrogen and oxygen atoms in total. The fourth-order valence-electron chi connectivity index (χ4n) is 2.65. The first-order chi connectivity index (χ1) is 9.67. The minimum absolute atomic E-state index is 0.160. The number of hydrogen-bond acceptors (Lipinski definition) is 4. The Hall–Kier alpha value is -1.32. The van der Waals surface area contributed by atoms with Crippen molar-refractivity contribution in [2.45, 2.75) is 25.8 Å². The lowest BCUT2D eigenvalue weighted by molar-refractivity contribution is 0.199. The maximum Gasteiger partial charge on any atom is 0.284 e. The average Bonchev–Trinajstić information content (AvgIpc) is 2.91. The Morgan fingerprint density at radius 3 is 3.00 bits per heavy atom. The molecular weight excluding hydrogens is 322 g/mol. The molecule has 20 heavy (non-hydrogen) atoms. The molecule has 1 aliphatic carbocycles. The highest BCUT2D eigenvalue weighted by atomic mass is 79.9. The normalized spacial score (nSPS) is 21.6. The zero-order chi connectivity index (χ0) is 14.5. The van der Waals surface area contributed by atoms with E-state index in [1.165, 1.54) is 4.68 Å². The summed E-state index contributed by atoms with van der Waals surface area (Å²) in [6, 6.07) is 0. The van der Waals surface area contributed by atoms with Gasteiger partial charge < -0.3 is 10.4 Å². The van der Waals surface area contributed by atoms with E-state index < -0.39 is 0 Å². The van der Waals surface area contributed by atoms with Gasteiger partial charge >= 0.3 is 0 Å². The van der Waals surface area contributed by atoms with Crippen molar-refractivity contribution in [3.05, 3.63) is 21.0 Å². The van der Waals surface area contributed by atoms with Gasteiger partial charge in [0.05, 0.1) is 11.9 Å². The van der Waals surface area contributed by atoms with E-state index >= 15 is 0 Å². The maximum atomic E-state index is 12.0. The highest BCUT2D eigenvalue weighted by Gasteiger charge is 2.26. The van der Waals surface area contributed by atoms with E-state index in [0.29, 0.717) is 22.0 Å². The van der Waals surface area contributed by atoms with Gasteiger partial charge in [-0.2, -0.15) is 5.10 Å². The molecule has 1 aromatic heterocycles. The van der Waals surface area contributed by atoms with Crippen LogP contribution in [0.5, 0.6) is 0 Å². The summed E-state index contributed by atoms with van der Waals surface area (Å²) in [7, 11) is 0. The third-order valence-corrected chi connectivity index (χ3v) is 4.60. The van der Waals surface area contributed by atoms with Crippen LogP contribution >= 0.6 is 15.9 Å². The third kappa shape index (κ3) is 3.22. The van der Waals surface area contributed by atoms with E-state index in [1.807, 2.05) is 0 Å². The summed E-state index contributed by atoms with van der Waals surface area (Å²) in [4.78, 5) is 12.0. The van der Waals surface area contributed by atoms with E-state index in [-0.39, 0.29) is 18.7 Å². The maximum absolute atomic E-state index is 12.0. The lowest BCUT2D eigenvalue weighted by Crippen LogP contribution is -2.26. The van der Waals surface area contributed by atoms with Gasteiger partial charge in [-0.05, 0) is 40.6 Å². The van der Waals surface area contributed by atoms with E-state index in [9.17, 15) is 9.90 Å². The van der Waals surface area contributed by atoms with Crippen LogP contribution in [0.4, 0.5) is 5.69 Å². The highest BCUT2D eigenvalue weighted by molar-refractivity contribution is 9.10. The Bertz CT molecular complexity index is 565. The monoisotopic (exact) mass is 339 g/mol. The summed E-state index contributed by atoms with van der Waals surface area (Å²) < 4.78 is 1.68. The lowest BCUT2D eigenvalue weighted by atomic mass is 9.97. The SMILES string of the molecule is C#CCn1ncc(NCC2CCCC2CO)c(Br)c1=O. The number of hydrogen-bond donors (Lipinski definition) is 2. The molecule has 0 aromatic carbocycles. The molecule has 0 spiro atoms. The van der Waals surface area contributed by atoms with Crippen LogP contribution < -0.4 is 10.9 Å². The van der Waals surface area contributed by atoms with Gasteiger partial charge in [0.2, 0.25) is 0 Å². The van der Waals surface area contributed by atoms with Crippen LogP contribution in [-0.2, 0) is 6.54 Å². The molecule has 108 valence electrons. The number of rotatable bonds is 5. The molecule has 2 unspecified atom stereocenters. The van der Waals surface area contributed by atoms with Gasteiger partial charge in [-0.3, -0.25) is 4.79 Å². The van der Waals surface area contributed by atoms with Crippen LogP contribution in [0.1, 0.15) is 19.3 Å². The molecule has 1 aromatic rings. The lowest BCUT2D eigenvalue weighted by Gasteiger charge is -2.19. The van der Waals surface area contributed by atoms with Crippen LogP contribution in [0.2, 0.25) is 0 Å². The van der Waals surface area contributed by atoms with Crippen molar-refractivity contribution in [1.29, 1.82) is 0 Å². The Morgan fingerprint density at radius 2 is 2.30 bits per heavy atom. The summed E-state index contributed by atoms with van der Waals surface area (Å²) in [5.41, 5.74) is 0.435. The number of nitrogens with zero attached hydrogens (tertiary/aromatic N) is 2. The summed E-state index contributed by atoms with van der Waals surface area (Å²) >= 11 is 3.29. The fourth-order valence-corrected chi connectivity index (χ4v) is 3.10. The summed E-state index contributed by atoms with van der Waals surface area (Å²) in [5.74, 6) is 3.20. The zero-order valence-electron chi connectivity index (χ0n) is 11.2. The third-order valence-electron chi connectivity index (χ3n) is 3.83. The first-order valence-corrected chi connectivity index (χ1v) is 7.50. The van der Waals surface area contributed by atoms with Crippen LogP contribution in [0.25, 0.3) is 0 Å². The Balaban J connectivity index is 2.05. The van der Waals surface area contributed by atoms with E-state index in [1.54, 1.807) is 6.20 Å². The standard InChI is InChI=1S/C14H18BrN3O2/c1-2-6-18-14(20)13(15)12(8-17-18)16-7-10-4-3-5-11(10)9-19/h1,8,10-11,16,19H,3-7,9H2. The van der Waals surface area contributed by atoms with Crippen molar-refractivity contribution < 1.29 is 5.11 Å². The molecule has 1 aliphatic rings. The minimum Gasteiger partial charge on any atom is -0.396 e. The fraction of sp³-hybridized carbons (Fsp3) is 0.571. The quantitative estimate of drug-likeness (QED) is 0.797. The van der Waals surface area contributed by atoms with Crippen molar-refractivity contribution in [1.82, 2.24) is 9.78 Å². The molecule has 1 fully saturated rings. The Labute approximate surface area is 126 Å². The minimum atomic E-state index is -0.238. The molecular formula is C14H18BrN3O2. The van der Waals surface area contributed by atoms with Gasteiger partial charge in [-0.1, -0.05) is 12.3 Å². The van der Waals surface area contributed by atoms with Crippen molar-refractivity contribution in [2.24, 2.45) is 11.8 Å². The second-order valence-corrected chi connectivity index (χ2v) is 5.85. The van der Waals surface area contributed by atoms with Crippen molar-refractivity contribution in [3.63, 3.8) is 0 Å². The van der Waals surface area contributed by atoms with Gasteiger partial charge in [0.25, 0.3) is 5.56 Å². The number of aromatic nitrogens is 2. The second-order valence-electron chi connectivity index (χ2n) is 5.05. The average molecular weight is 340 g/mol. The van der Waals surface area contributed by atoms with Crippen LogP contribution in [0.3, 0.4) is 0 Å². The first-order valence-electron chi connectivity index (χ1n) is 6.71. The van der Waals surface area contributed by atoms with Crippen LogP contribution in [-0.4, -0.2) is 28.0 Å². The zero-order valence-corrected chi connectivity index (χ0v) is 12.8. The molecule has 0 aliphatic heterocycles. The predicted molar refractivity (Wildman–Crippen MR) is 81.4 cm³/mol. The second kappa shape index (κ2) is 6.91. The first kappa shape index (κ1) is 15.1. The van der Waals surface area contributed by atoms with Gasteiger partial charge in [0.1, 0.15) is 11.0 Å². The summed E-state index contributed by atoms with van der Waals surface area (Å²) in [6.07, 6.45) is 10.1. The Morgan fingerprint density at radius 1 is 1.55 bits per heavy atom. The molecule has 2 rings (SSSR count). The summed E-state index contributed by atoms with van der Waals surface area (Å²) in [5, 5.41) is 16.6. The number of nitrogens with one attached hydrogen (secondary N) is 1. The topological polar surface area (TPSA) is 67.2 Å². The molecule has 0 bridgehead atoms. The number of anilines is 1. The molecule has 6 heteroatoms. The molecule has 1 saturated carbocycles. The molecule has 0 saturated heterocycles. The van der Waals surface area contributed by atoms with Crippen LogP contribution in [0, 0.1) is 24.2 Å². The Kier molecular flexibility index (Phi) is 5.21. The number of halogens is 1. The van der Waals surface area contributed by atoms with Crippen molar-refractivity contribution in [2.75, 3.05) is 18.5 Å². The molecule has 1 heterocycles. The smallest absolute Gasteiger partial charge is 0.284 e. The molecule has 0 radical (unpaired) electrons. The van der Waals surface area contributed by atoms with Gasteiger partial charge in [0.15, 0.2) is 0 Å². The van der Waals surface area contributed by atoms with E-state index in [4.69, 9.17) is 6.42 Å². The van der Waals surface area contributed by atoms with Gasteiger partial charge in [0, 0.05) is 13.2 Å². The predicted octanol–water partition coefficient (Wildman–Crippen LogP) is 1.46.